The summed E-state index contributed by atoms with van der Waals surface area (Å²) in [5.41, 5.74) is 28.5. The van der Waals surface area contributed by atoms with Gasteiger partial charge in [0, 0.05) is 16.6 Å². The van der Waals surface area contributed by atoms with E-state index in [9.17, 15) is 0 Å². The molecular weight excluding hydrogens is 739 g/mol. The van der Waals surface area contributed by atoms with Crippen molar-refractivity contribution in [2.24, 2.45) is 11.3 Å². The van der Waals surface area contributed by atoms with Gasteiger partial charge < -0.3 is 0 Å². The van der Waals surface area contributed by atoms with Crippen LogP contribution < -0.4 is 0 Å². The van der Waals surface area contributed by atoms with Gasteiger partial charge in [0.05, 0.1) is 0 Å². The van der Waals surface area contributed by atoms with E-state index in [0.717, 1.165) is 44.1 Å². The van der Waals surface area contributed by atoms with Crippen LogP contribution in [0.25, 0.3) is 16.7 Å². The molecule has 52 heavy (non-hydrogen) atoms. The molecule has 0 amide bonds. The molecule has 0 N–H and O–H groups in total. The number of rotatable bonds is 4. The molecule has 2 aromatic rings. The Hall–Kier alpha value is -4.65. The molecule has 0 heterocycles. The fourth-order valence-corrected chi connectivity index (χ4v) is 9.59. The van der Waals surface area contributed by atoms with E-state index in [4.69, 9.17) is 0 Å². The van der Waals surface area contributed by atoms with E-state index in [1.54, 1.807) is 0 Å². The van der Waals surface area contributed by atoms with E-state index in [0.29, 0.717) is 5.92 Å². The van der Waals surface area contributed by atoms with Crippen LogP contribution in [0.15, 0.2) is 201 Å². The van der Waals surface area contributed by atoms with Crippen molar-refractivity contribution in [1.29, 1.82) is 0 Å². The highest BCUT2D eigenvalue weighted by Crippen LogP contribution is 2.64. The molecule has 10 rings (SSSR count). The van der Waals surface area contributed by atoms with Crippen molar-refractivity contribution in [3.8, 4) is 0 Å². The largest absolute Gasteiger partial charge is 0.116 e. The summed E-state index contributed by atoms with van der Waals surface area (Å²) in [5.74, 6) is 0.661. The second kappa shape index (κ2) is 13.7. The monoisotopic (exact) mass is 782 g/mol. The van der Waals surface area contributed by atoms with Crippen LogP contribution in [0.4, 0.5) is 0 Å². The van der Waals surface area contributed by atoms with Gasteiger partial charge in [0.15, 0.2) is 0 Å². The van der Waals surface area contributed by atoms with Gasteiger partial charge >= 0.3 is 0 Å². The zero-order chi connectivity index (χ0) is 33.8. The maximum Gasteiger partial charge on any atom is 0.0243 e. The highest BCUT2D eigenvalue weighted by molar-refractivity contribution is 14.0. The summed E-state index contributed by atoms with van der Waals surface area (Å²) in [6, 6.07) is 20.2. The number of fused-ring (bicyclic) bond motifs is 5. The second-order valence-corrected chi connectivity index (χ2v) is 15.2. The number of hydrogen-bond donors (Lipinski definition) is 0. The van der Waals surface area contributed by atoms with Gasteiger partial charge in [-0.25, -0.2) is 0 Å². The van der Waals surface area contributed by atoms with Crippen molar-refractivity contribution in [3.63, 3.8) is 0 Å². The van der Waals surface area contributed by atoms with Crippen LogP contribution in [0.1, 0.15) is 74.5 Å². The third-order valence-electron chi connectivity index (χ3n) is 12.4. The van der Waals surface area contributed by atoms with Crippen LogP contribution in [0.5, 0.6) is 0 Å². The van der Waals surface area contributed by atoms with E-state index < -0.39 is 0 Å². The lowest BCUT2D eigenvalue weighted by atomic mass is 9.77. The Labute approximate surface area is 325 Å². The van der Waals surface area contributed by atoms with Gasteiger partial charge in [0.2, 0.25) is 0 Å². The minimum Gasteiger partial charge on any atom is -0.116 e. The van der Waals surface area contributed by atoms with Crippen molar-refractivity contribution in [2.75, 3.05) is 0 Å². The van der Waals surface area contributed by atoms with Gasteiger partial charge in [-0.15, -0.1) is 35.4 Å². The summed E-state index contributed by atoms with van der Waals surface area (Å²) in [4.78, 5) is 0. The van der Waals surface area contributed by atoms with E-state index in [1.165, 1.54) is 97.3 Å². The topological polar surface area (TPSA) is 0 Å². The average Bonchev–Trinajstić information content (AvgIpc) is 4.01. The lowest BCUT2D eigenvalue weighted by molar-refractivity contribution is 0.521. The molecule has 1 saturated carbocycles. The van der Waals surface area contributed by atoms with E-state index in [2.05, 4.69) is 151 Å². The maximum absolute atomic E-state index is 3.97. The Balaban J connectivity index is 0.00000360. The third kappa shape index (κ3) is 5.77. The summed E-state index contributed by atoms with van der Waals surface area (Å²) in [5, 5.41) is 0. The predicted octanol–water partition coefficient (Wildman–Crippen LogP) is 13.6. The fraction of sp³-hybridized carbons (Fsp3) is 0.216. The molecular formula is C51H43I. The Bertz CT molecular complexity index is 2380. The van der Waals surface area contributed by atoms with Gasteiger partial charge in [-0.3, -0.25) is 0 Å². The molecule has 254 valence electrons. The maximum atomic E-state index is 3.97. The van der Waals surface area contributed by atoms with Gasteiger partial charge in [0.25, 0.3) is 0 Å². The van der Waals surface area contributed by atoms with E-state index >= 15 is 0 Å². The smallest absolute Gasteiger partial charge is 0.0243 e. The van der Waals surface area contributed by atoms with Crippen LogP contribution in [0.2, 0.25) is 0 Å². The van der Waals surface area contributed by atoms with Crippen molar-refractivity contribution >= 4 is 40.7 Å². The minimum absolute atomic E-state index is 0. The summed E-state index contributed by atoms with van der Waals surface area (Å²) in [6.07, 6.45) is 42.7. The van der Waals surface area contributed by atoms with Crippen LogP contribution >= 0.6 is 24.0 Å². The number of allylic oxidation sites excluding steroid dienone is 24. The zero-order valence-electron chi connectivity index (χ0n) is 29.6. The highest BCUT2D eigenvalue weighted by atomic mass is 127. The molecule has 0 spiro atoms. The molecule has 8 aliphatic carbocycles. The summed E-state index contributed by atoms with van der Waals surface area (Å²) < 4.78 is 0. The van der Waals surface area contributed by atoms with E-state index in [-0.39, 0.29) is 29.4 Å². The average molecular weight is 783 g/mol. The minimum atomic E-state index is 0. The van der Waals surface area contributed by atoms with Gasteiger partial charge in [0.1, 0.15) is 0 Å². The molecule has 1 fully saturated rings. The van der Waals surface area contributed by atoms with Gasteiger partial charge in [-0.1, -0.05) is 109 Å². The molecule has 2 aromatic carbocycles. The highest BCUT2D eigenvalue weighted by Gasteiger charge is 2.55. The SMILES string of the molecule is C1=CC2=C(CCC3=CC=CCC=C32)C(c2cccc(C3=C4CCC5=C(CC=CC=C5)C4=CC(C45CCC=CC4C5)=C=C3)c2)=CC=1c1ccccc1.I. The van der Waals surface area contributed by atoms with Gasteiger partial charge in [-0.2, -0.15) is 0 Å². The first-order valence-electron chi connectivity index (χ1n) is 19.0. The quantitative estimate of drug-likeness (QED) is 0.165. The van der Waals surface area contributed by atoms with Crippen LogP contribution in [-0.4, -0.2) is 0 Å². The van der Waals surface area contributed by atoms with Crippen molar-refractivity contribution in [1.82, 2.24) is 0 Å². The Kier molecular flexibility index (Phi) is 8.76. The molecule has 0 nitrogen and oxygen atoms in total. The molecule has 0 radical (unpaired) electrons. The van der Waals surface area contributed by atoms with Crippen molar-refractivity contribution < 1.29 is 0 Å². The molecule has 0 aliphatic heterocycles. The fourth-order valence-electron chi connectivity index (χ4n) is 9.59. The Morgan fingerprint density at radius 2 is 1.52 bits per heavy atom. The normalized spacial score (nSPS) is 25.3. The first-order chi connectivity index (χ1) is 25.2. The standard InChI is InChI=1S/C51H42.HI/c1-4-13-35(14-5-1)38-24-28-46-43-20-8-2-6-15-36(43)23-27-48(46)49(32-38)40-18-12-17-39(31-40)45-29-25-41(51-30-11-10-19-42(51)34-51)33-50-44-21-9-3-7-16-37(44)22-26-47(45)50;/h1-7,9-10,12-20,28-29,31-33,42H,8,11,21-23,26-27,30,34H2;1H. The number of hydrogen-bond acceptors (Lipinski definition) is 0. The lowest BCUT2D eigenvalue weighted by Gasteiger charge is -2.27. The molecule has 1 heteroatoms. The van der Waals surface area contributed by atoms with Crippen molar-refractivity contribution in [2.45, 2.75) is 57.8 Å². The number of benzene rings is 2. The molecule has 2 unspecified atom stereocenters. The predicted molar refractivity (Wildman–Crippen MR) is 229 cm³/mol. The molecule has 2 atom stereocenters. The van der Waals surface area contributed by atoms with Gasteiger partial charge in [-0.05, 0) is 166 Å². The van der Waals surface area contributed by atoms with Crippen LogP contribution in [0, 0.1) is 11.3 Å². The Morgan fingerprint density at radius 3 is 2.44 bits per heavy atom. The van der Waals surface area contributed by atoms with E-state index in [1.807, 2.05) is 0 Å². The second-order valence-electron chi connectivity index (χ2n) is 15.2. The third-order valence-corrected chi connectivity index (χ3v) is 12.4. The van der Waals surface area contributed by atoms with Crippen LogP contribution in [-0.2, 0) is 0 Å². The zero-order valence-corrected chi connectivity index (χ0v) is 32.0. The lowest BCUT2D eigenvalue weighted by Crippen LogP contribution is -2.11. The number of halogens is 1. The molecule has 0 aromatic heterocycles. The van der Waals surface area contributed by atoms with Crippen molar-refractivity contribution in [3.05, 3.63) is 218 Å². The van der Waals surface area contributed by atoms with Crippen LogP contribution in [0.3, 0.4) is 0 Å². The molecule has 0 saturated heterocycles. The summed E-state index contributed by atoms with van der Waals surface area (Å²) in [6.45, 7) is 0. The first kappa shape index (κ1) is 33.2. The Morgan fingerprint density at radius 1 is 0.673 bits per heavy atom. The first-order valence-corrected chi connectivity index (χ1v) is 19.0. The molecule has 0 bridgehead atoms. The summed E-state index contributed by atoms with van der Waals surface area (Å²) in [7, 11) is 0. The summed E-state index contributed by atoms with van der Waals surface area (Å²) >= 11 is 0. The molecule has 8 aliphatic rings.